The minimum Gasteiger partial charge on any atom is -0.464 e. The maximum atomic E-state index is 14.1. The normalized spacial score (nSPS) is 16.2. The number of fused-ring (bicyclic) bond motifs is 2. The fourth-order valence-corrected chi connectivity index (χ4v) is 5.06. The number of aromatic nitrogens is 2. The second-order valence-corrected chi connectivity index (χ2v) is 9.58. The van der Waals surface area contributed by atoms with Crippen LogP contribution < -0.4 is 0 Å². The van der Waals surface area contributed by atoms with Crippen LogP contribution in [0.2, 0.25) is 0 Å². The van der Waals surface area contributed by atoms with E-state index in [0.29, 0.717) is 25.1 Å². The van der Waals surface area contributed by atoms with E-state index in [2.05, 4.69) is 10.2 Å². The molecule has 0 amide bonds. The first-order chi connectivity index (χ1) is 18.5. The Morgan fingerprint density at radius 1 is 1.08 bits per heavy atom. The van der Waals surface area contributed by atoms with Crippen LogP contribution in [0.5, 0.6) is 0 Å². The van der Waals surface area contributed by atoms with Crippen LogP contribution in [0.1, 0.15) is 24.0 Å². The van der Waals surface area contributed by atoms with Crippen molar-refractivity contribution in [3.8, 4) is 11.3 Å². The van der Waals surface area contributed by atoms with Crippen LogP contribution in [0.15, 0.2) is 71.3 Å². The number of hydrogen-bond acceptors (Lipinski definition) is 6. The van der Waals surface area contributed by atoms with Crippen molar-refractivity contribution in [2.24, 2.45) is 5.92 Å². The van der Waals surface area contributed by atoms with Crippen molar-refractivity contribution in [1.29, 1.82) is 10.8 Å². The highest BCUT2D eigenvalue weighted by Crippen LogP contribution is 2.30. The molecule has 3 heterocycles. The first-order valence-electron chi connectivity index (χ1n) is 12.4. The zero-order chi connectivity index (χ0) is 26.2. The Morgan fingerprint density at radius 2 is 1.92 bits per heavy atom. The van der Waals surface area contributed by atoms with Crippen molar-refractivity contribution >= 4 is 33.7 Å². The molecule has 1 atom stereocenters. The number of nitrogens with zero attached hydrogens (tertiary/aromatic N) is 2. The van der Waals surface area contributed by atoms with Crippen molar-refractivity contribution in [3.05, 3.63) is 89.7 Å². The lowest BCUT2D eigenvalue weighted by atomic mass is 9.97. The molecule has 1 saturated heterocycles. The van der Waals surface area contributed by atoms with Gasteiger partial charge >= 0.3 is 0 Å². The van der Waals surface area contributed by atoms with Gasteiger partial charge in [-0.15, -0.1) is 0 Å². The van der Waals surface area contributed by atoms with Gasteiger partial charge in [0.15, 0.2) is 5.90 Å². The minimum atomic E-state index is -0.570. The van der Waals surface area contributed by atoms with Crippen molar-refractivity contribution in [1.82, 2.24) is 15.1 Å². The summed E-state index contributed by atoms with van der Waals surface area (Å²) in [6, 6.07) is 17.0. The van der Waals surface area contributed by atoms with Crippen LogP contribution >= 0.6 is 0 Å². The summed E-state index contributed by atoms with van der Waals surface area (Å²) < 4.78 is 39.4. The molecule has 38 heavy (non-hydrogen) atoms. The van der Waals surface area contributed by atoms with Crippen LogP contribution in [-0.2, 0) is 11.3 Å². The molecule has 3 N–H and O–H groups in total. The molecule has 1 unspecified atom stereocenters. The maximum Gasteiger partial charge on any atom is 0.220 e. The summed E-state index contributed by atoms with van der Waals surface area (Å²) >= 11 is 0. The smallest absolute Gasteiger partial charge is 0.220 e. The molecular weight excluding hydrogens is 488 g/mol. The molecule has 0 saturated carbocycles. The number of H-pyrrole nitrogens is 1. The lowest BCUT2D eigenvalue weighted by Crippen LogP contribution is -2.39. The second-order valence-electron chi connectivity index (χ2n) is 9.58. The quantitative estimate of drug-likeness (QED) is 0.185. The molecule has 7 nitrogen and oxygen atoms in total. The number of hydrogen-bond donors (Lipinski definition) is 3. The molecule has 0 bridgehead atoms. The van der Waals surface area contributed by atoms with Gasteiger partial charge in [-0.05, 0) is 74.0 Å². The summed E-state index contributed by atoms with van der Waals surface area (Å²) in [5, 5.41) is 26.4. The van der Waals surface area contributed by atoms with Crippen LogP contribution in [0.3, 0.4) is 0 Å². The summed E-state index contributed by atoms with van der Waals surface area (Å²) in [6.07, 6.45) is 3.13. The van der Waals surface area contributed by atoms with E-state index in [1.165, 1.54) is 18.2 Å². The monoisotopic (exact) mass is 513 g/mol. The predicted molar refractivity (Wildman–Crippen MR) is 141 cm³/mol. The van der Waals surface area contributed by atoms with Gasteiger partial charge in [-0.2, -0.15) is 5.10 Å². The number of ether oxygens (including phenoxy) is 1. The lowest BCUT2D eigenvalue weighted by Gasteiger charge is -2.32. The van der Waals surface area contributed by atoms with E-state index in [4.69, 9.17) is 20.0 Å². The van der Waals surface area contributed by atoms with E-state index < -0.39 is 11.6 Å². The Hall–Kier alpha value is -4.37. The molecule has 1 aliphatic rings. The van der Waals surface area contributed by atoms with Gasteiger partial charge in [0.1, 0.15) is 17.2 Å². The minimum absolute atomic E-state index is 0.0216. The average Bonchev–Trinajstić information content (AvgIpc) is 3.57. The number of likely N-dealkylation sites (tertiary alicyclic amines) is 1. The molecule has 5 aromatic rings. The number of furan rings is 1. The third-order valence-electron chi connectivity index (χ3n) is 7.08. The van der Waals surface area contributed by atoms with Crippen molar-refractivity contribution in [2.45, 2.75) is 19.4 Å². The van der Waals surface area contributed by atoms with E-state index in [-0.39, 0.29) is 29.8 Å². The molecule has 9 heteroatoms. The number of benzene rings is 3. The first kappa shape index (κ1) is 24.0. The standard InChI is InChI=1S/C29H25F2N5O2/c30-23-4-1-5-24(31)22(23)16-36-11-2-3-20(15-36)29(33)38-28(32)19-6-8-25-21(14-19)27(35-34-25)18-7-9-26-17(13-18)10-12-37-26/h1,4-10,12-14,20,32-33H,2-3,11,15-16H2,(H,34,35). The van der Waals surface area contributed by atoms with Crippen LogP contribution in [0, 0.1) is 28.4 Å². The predicted octanol–water partition coefficient (Wildman–Crippen LogP) is 6.49. The van der Waals surface area contributed by atoms with Gasteiger partial charge in [-0.25, -0.2) is 8.78 Å². The fraction of sp³-hybridized carbons (Fsp3) is 0.207. The fourth-order valence-electron chi connectivity index (χ4n) is 5.06. The van der Waals surface area contributed by atoms with E-state index in [1.807, 2.05) is 41.3 Å². The van der Waals surface area contributed by atoms with E-state index in [0.717, 1.165) is 39.6 Å². The average molecular weight is 514 g/mol. The maximum absolute atomic E-state index is 14.1. The Labute approximate surface area is 217 Å². The summed E-state index contributed by atoms with van der Waals surface area (Å²) in [7, 11) is 0. The molecule has 0 spiro atoms. The highest BCUT2D eigenvalue weighted by Gasteiger charge is 2.27. The molecule has 3 aromatic carbocycles. The largest absolute Gasteiger partial charge is 0.464 e. The van der Waals surface area contributed by atoms with Gasteiger partial charge < -0.3 is 9.15 Å². The number of halogens is 2. The van der Waals surface area contributed by atoms with Gasteiger partial charge in [0.25, 0.3) is 0 Å². The molecule has 1 fully saturated rings. The van der Waals surface area contributed by atoms with Crippen molar-refractivity contribution < 1.29 is 17.9 Å². The van der Waals surface area contributed by atoms with Crippen molar-refractivity contribution in [3.63, 3.8) is 0 Å². The van der Waals surface area contributed by atoms with Gasteiger partial charge in [0, 0.05) is 46.5 Å². The molecule has 6 rings (SSSR count). The zero-order valence-corrected chi connectivity index (χ0v) is 20.4. The van der Waals surface area contributed by atoms with E-state index in [9.17, 15) is 8.78 Å². The second kappa shape index (κ2) is 9.83. The Morgan fingerprint density at radius 3 is 2.76 bits per heavy atom. The van der Waals surface area contributed by atoms with Crippen LogP contribution in [-0.4, -0.2) is 40.0 Å². The Balaban J connectivity index is 1.17. The third-order valence-corrected chi connectivity index (χ3v) is 7.08. The molecule has 1 aliphatic heterocycles. The SMILES string of the molecule is N=C(OC(=N)C1CCCN(Cc2c(F)cccc2F)C1)c1ccc2[nH]nc(-c3ccc4occc4c3)c2c1. The van der Waals surface area contributed by atoms with Gasteiger partial charge in [0.05, 0.1) is 17.5 Å². The van der Waals surface area contributed by atoms with Crippen molar-refractivity contribution in [2.75, 3.05) is 13.1 Å². The topological polar surface area (TPSA) is 102 Å². The Bertz CT molecular complexity index is 1650. The molecule has 192 valence electrons. The molecule has 0 radical (unpaired) electrons. The zero-order valence-electron chi connectivity index (χ0n) is 20.4. The highest BCUT2D eigenvalue weighted by molar-refractivity contribution is 6.04. The van der Waals surface area contributed by atoms with E-state index >= 15 is 0 Å². The first-order valence-corrected chi connectivity index (χ1v) is 12.4. The third kappa shape index (κ3) is 4.56. The van der Waals surface area contributed by atoms with Crippen LogP contribution in [0.25, 0.3) is 33.1 Å². The highest BCUT2D eigenvalue weighted by atomic mass is 19.1. The molecule has 2 aromatic heterocycles. The summed E-state index contributed by atoms with van der Waals surface area (Å²) in [4.78, 5) is 1.93. The number of rotatable bonds is 5. The number of piperidine rings is 1. The summed E-state index contributed by atoms with van der Waals surface area (Å²) in [6.45, 7) is 1.24. The van der Waals surface area contributed by atoms with Gasteiger partial charge in [-0.3, -0.25) is 20.8 Å². The number of aromatic amines is 1. The summed E-state index contributed by atoms with van der Waals surface area (Å²) in [5.74, 6) is -1.56. The van der Waals surface area contributed by atoms with E-state index in [1.54, 1.807) is 12.3 Å². The van der Waals surface area contributed by atoms with Gasteiger partial charge in [-0.1, -0.05) is 6.07 Å². The summed E-state index contributed by atoms with van der Waals surface area (Å²) in [5.41, 5.74) is 3.83. The lowest BCUT2D eigenvalue weighted by molar-refractivity contribution is 0.183. The molecule has 0 aliphatic carbocycles. The number of nitrogens with one attached hydrogen (secondary N) is 3. The van der Waals surface area contributed by atoms with Gasteiger partial charge in [0.2, 0.25) is 5.90 Å². The van der Waals surface area contributed by atoms with Crippen LogP contribution in [0.4, 0.5) is 8.78 Å². The molecular formula is C29H25F2N5O2. The Kier molecular flexibility index (Phi) is 6.21.